The third-order valence-electron chi connectivity index (χ3n) is 5.91. The Labute approximate surface area is 151 Å². The van der Waals surface area contributed by atoms with Gasteiger partial charge in [-0.3, -0.25) is 14.6 Å². The van der Waals surface area contributed by atoms with Crippen molar-refractivity contribution in [2.24, 2.45) is 5.92 Å². The fourth-order valence-corrected chi connectivity index (χ4v) is 3.94. The number of carbonyl (C=O) groups excluding carboxylic acids is 1. The molecule has 2 fully saturated rings. The van der Waals surface area contributed by atoms with Gasteiger partial charge in [-0.15, -0.1) is 0 Å². The summed E-state index contributed by atoms with van der Waals surface area (Å²) in [6, 6.07) is 0.00758. The molecule has 25 heavy (non-hydrogen) atoms. The maximum Gasteiger partial charge on any atom is 0.239 e. The standard InChI is InChI=1S/C19H33N5O/c1-4-22-10-7-20-18(22)15-21-11-13-23(14-12-21)17(3)19(25)24-8-5-16(2)6-9-24/h7,10,16-17H,4-6,8-9,11-15H2,1-3H3/t17-/m0/s1. The van der Waals surface area contributed by atoms with Gasteiger partial charge in [0.1, 0.15) is 5.82 Å². The molecule has 6 nitrogen and oxygen atoms in total. The number of piperidine rings is 1. The van der Waals surface area contributed by atoms with Crippen LogP contribution in [-0.2, 0) is 17.9 Å². The van der Waals surface area contributed by atoms with E-state index in [4.69, 9.17) is 0 Å². The predicted molar refractivity (Wildman–Crippen MR) is 99.2 cm³/mol. The Hall–Kier alpha value is -1.40. The maximum atomic E-state index is 12.8. The second kappa shape index (κ2) is 8.32. The Kier molecular flexibility index (Phi) is 6.12. The zero-order chi connectivity index (χ0) is 17.8. The molecule has 0 unspecified atom stereocenters. The first-order valence-electron chi connectivity index (χ1n) is 9.83. The van der Waals surface area contributed by atoms with Crippen LogP contribution < -0.4 is 0 Å². The first-order chi connectivity index (χ1) is 12.1. The number of aryl methyl sites for hydroxylation is 1. The Morgan fingerprint density at radius 1 is 1.20 bits per heavy atom. The molecule has 0 saturated carbocycles. The van der Waals surface area contributed by atoms with E-state index >= 15 is 0 Å². The third-order valence-corrected chi connectivity index (χ3v) is 5.91. The SMILES string of the molecule is CCn1ccnc1CN1CCN([C@@H](C)C(=O)N2CCC(C)CC2)CC1. The van der Waals surface area contributed by atoms with Gasteiger partial charge in [0, 0.05) is 58.2 Å². The lowest BCUT2D eigenvalue weighted by atomic mass is 9.98. The van der Waals surface area contributed by atoms with Crippen LogP contribution in [0.5, 0.6) is 0 Å². The lowest BCUT2D eigenvalue weighted by Crippen LogP contribution is -2.55. The van der Waals surface area contributed by atoms with E-state index in [0.29, 0.717) is 5.91 Å². The van der Waals surface area contributed by atoms with Gasteiger partial charge in [0.15, 0.2) is 0 Å². The Morgan fingerprint density at radius 2 is 1.88 bits per heavy atom. The molecule has 2 aliphatic heterocycles. The maximum absolute atomic E-state index is 12.8. The highest BCUT2D eigenvalue weighted by atomic mass is 16.2. The molecule has 3 heterocycles. The van der Waals surface area contributed by atoms with Crippen molar-refractivity contribution in [3.8, 4) is 0 Å². The van der Waals surface area contributed by atoms with E-state index in [1.54, 1.807) is 0 Å². The zero-order valence-electron chi connectivity index (χ0n) is 16.0. The third kappa shape index (κ3) is 4.42. The molecular weight excluding hydrogens is 314 g/mol. The van der Waals surface area contributed by atoms with Crippen molar-refractivity contribution in [1.29, 1.82) is 0 Å². The zero-order valence-corrected chi connectivity index (χ0v) is 16.0. The second-order valence-corrected chi connectivity index (χ2v) is 7.63. The molecule has 6 heteroatoms. The number of imidazole rings is 1. The lowest BCUT2D eigenvalue weighted by Gasteiger charge is -2.40. The van der Waals surface area contributed by atoms with Crippen molar-refractivity contribution in [2.75, 3.05) is 39.3 Å². The number of piperazine rings is 1. The van der Waals surface area contributed by atoms with Gasteiger partial charge in [-0.1, -0.05) is 6.92 Å². The van der Waals surface area contributed by atoms with Crippen LogP contribution in [0.3, 0.4) is 0 Å². The van der Waals surface area contributed by atoms with Crippen molar-refractivity contribution < 1.29 is 4.79 Å². The fraction of sp³-hybridized carbons (Fsp3) is 0.789. The molecule has 0 aromatic carbocycles. The van der Waals surface area contributed by atoms with Crippen LogP contribution in [0.15, 0.2) is 12.4 Å². The summed E-state index contributed by atoms with van der Waals surface area (Å²) in [4.78, 5) is 24.1. The number of carbonyl (C=O) groups is 1. The fourth-order valence-electron chi connectivity index (χ4n) is 3.94. The first kappa shape index (κ1) is 18.4. The van der Waals surface area contributed by atoms with Crippen LogP contribution in [0, 0.1) is 5.92 Å². The summed E-state index contributed by atoms with van der Waals surface area (Å²) in [6.07, 6.45) is 6.23. The van der Waals surface area contributed by atoms with Gasteiger partial charge in [-0.25, -0.2) is 4.98 Å². The summed E-state index contributed by atoms with van der Waals surface area (Å²) in [5, 5.41) is 0. The Balaban J connectivity index is 1.47. The second-order valence-electron chi connectivity index (χ2n) is 7.63. The average Bonchev–Trinajstić information content (AvgIpc) is 3.09. The molecule has 0 radical (unpaired) electrons. The monoisotopic (exact) mass is 347 g/mol. The molecular formula is C19H33N5O. The first-order valence-corrected chi connectivity index (χ1v) is 9.83. The summed E-state index contributed by atoms with van der Waals surface area (Å²) in [7, 11) is 0. The number of hydrogen-bond acceptors (Lipinski definition) is 4. The van der Waals surface area contributed by atoms with E-state index in [0.717, 1.165) is 76.9 Å². The molecule has 0 spiro atoms. The highest BCUT2D eigenvalue weighted by Gasteiger charge is 2.30. The van der Waals surface area contributed by atoms with Gasteiger partial charge in [-0.05, 0) is 32.6 Å². The quantitative estimate of drug-likeness (QED) is 0.813. The van der Waals surface area contributed by atoms with Gasteiger partial charge in [-0.2, -0.15) is 0 Å². The Morgan fingerprint density at radius 3 is 2.52 bits per heavy atom. The van der Waals surface area contributed by atoms with E-state index in [9.17, 15) is 4.79 Å². The summed E-state index contributed by atoms with van der Waals surface area (Å²) in [5.41, 5.74) is 0. The molecule has 0 bridgehead atoms. The van der Waals surface area contributed by atoms with Gasteiger partial charge in [0.05, 0.1) is 12.6 Å². The van der Waals surface area contributed by atoms with Crippen molar-refractivity contribution in [3.63, 3.8) is 0 Å². The molecule has 140 valence electrons. The minimum atomic E-state index is 0.00758. The molecule has 2 saturated heterocycles. The molecule has 1 aromatic rings. The number of hydrogen-bond donors (Lipinski definition) is 0. The number of aromatic nitrogens is 2. The van der Waals surface area contributed by atoms with E-state index < -0.39 is 0 Å². The van der Waals surface area contributed by atoms with E-state index in [-0.39, 0.29) is 6.04 Å². The number of rotatable bonds is 5. The largest absolute Gasteiger partial charge is 0.341 e. The molecule has 1 aromatic heterocycles. The normalized spacial score (nSPS) is 22.3. The van der Waals surface area contributed by atoms with Crippen LogP contribution in [0.2, 0.25) is 0 Å². The topological polar surface area (TPSA) is 44.6 Å². The molecule has 1 atom stereocenters. The van der Waals surface area contributed by atoms with Crippen LogP contribution in [0.4, 0.5) is 0 Å². The molecule has 0 aliphatic carbocycles. The number of likely N-dealkylation sites (tertiary alicyclic amines) is 1. The van der Waals surface area contributed by atoms with Crippen molar-refractivity contribution in [3.05, 3.63) is 18.2 Å². The lowest BCUT2D eigenvalue weighted by molar-refractivity contribution is -0.138. The van der Waals surface area contributed by atoms with Crippen LogP contribution in [0.25, 0.3) is 0 Å². The minimum absolute atomic E-state index is 0.00758. The van der Waals surface area contributed by atoms with Crippen molar-refractivity contribution in [2.45, 2.75) is 52.7 Å². The average molecular weight is 348 g/mol. The predicted octanol–water partition coefficient (Wildman–Crippen LogP) is 1.67. The number of amides is 1. The van der Waals surface area contributed by atoms with Gasteiger partial charge in [0.2, 0.25) is 5.91 Å². The molecule has 3 rings (SSSR count). The summed E-state index contributed by atoms with van der Waals surface area (Å²) >= 11 is 0. The smallest absolute Gasteiger partial charge is 0.239 e. The van der Waals surface area contributed by atoms with E-state index in [1.807, 2.05) is 12.4 Å². The summed E-state index contributed by atoms with van der Waals surface area (Å²) in [6.45, 7) is 14.2. The van der Waals surface area contributed by atoms with Crippen LogP contribution >= 0.6 is 0 Å². The van der Waals surface area contributed by atoms with Gasteiger partial charge in [0.25, 0.3) is 0 Å². The van der Waals surface area contributed by atoms with E-state index in [1.165, 1.54) is 0 Å². The van der Waals surface area contributed by atoms with Crippen molar-refractivity contribution >= 4 is 5.91 Å². The van der Waals surface area contributed by atoms with E-state index in [2.05, 4.69) is 45.0 Å². The molecule has 2 aliphatic rings. The Bertz CT molecular complexity index is 556. The molecule has 1 amide bonds. The van der Waals surface area contributed by atoms with Gasteiger partial charge < -0.3 is 9.47 Å². The van der Waals surface area contributed by atoms with Crippen molar-refractivity contribution in [1.82, 2.24) is 24.3 Å². The van der Waals surface area contributed by atoms with Crippen LogP contribution in [-0.4, -0.2) is 75.5 Å². The minimum Gasteiger partial charge on any atom is -0.341 e. The highest BCUT2D eigenvalue weighted by Crippen LogP contribution is 2.18. The van der Waals surface area contributed by atoms with Gasteiger partial charge >= 0.3 is 0 Å². The molecule has 0 N–H and O–H groups in total. The highest BCUT2D eigenvalue weighted by molar-refractivity contribution is 5.81. The summed E-state index contributed by atoms with van der Waals surface area (Å²) < 4.78 is 2.20. The summed E-state index contributed by atoms with van der Waals surface area (Å²) in [5.74, 6) is 2.22. The van der Waals surface area contributed by atoms with Crippen LogP contribution in [0.1, 0.15) is 39.4 Å². The number of nitrogens with zero attached hydrogens (tertiary/aromatic N) is 5.